The summed E-state index contributed by atoms with van der Waals surface area (Å²) in [5, 5.41) is 3.38. The number of hydrogen-bond donors (Lipinski definition) is 1. The molecule has 1 aromatic carbocycles. The predicted molar refractivity (Wildman–Crippen MR) is 89.7 cm³/mol. The molecule has 1 N–H and O–H groups in total. The van der Waals surface area contributed by atoms with Crippen LogP contribution in [0.2, 0.25) is 0 Å². The third-order valence-electron chi connectivity index (χ3n) is 3.30. The van der Waals surface area contributed by atoms with E-state index in [0.717, 1.165) is 35.9 Å². The first kappa shape index (κ1) is 15.5. The molecule has 0 aliphatic rings. The summed E-state index contributed by atoms with van der Waals surface area (Å²) in [5.74, 6) is 1.78. The monoisotopic (exact) mass is 283 g/mol. The molecule has 2 rings (SSSR count). The Morgan fingerprint density at radius 3 is 2.29 bits per heavy atom. The van der Waals surface area contributed by atoms with E-state index in [9.17, 15) is 0 Å². The standard InChI is InChI=1S/C18H25N3/c1-6-11-19-16-12-15(14-9-7-13(2)8-10-14)20-17(21-16)18(3,4)5/h7-10,12H,6,11H2,1-5H3,(H,19,20,21). The minimum absolute atomic E-state index is 0.0661. The highest BCUT2D eigenvalue weighted by Crippen LogP contribution is 2.25. The zero-order valence-corrected chi connectivity index (χ0v) is 13.7. The van der Waals surface area contributed by atoms with E-state index in [1.807, 2.05) is 6.07 Å². The summed E-state index contributed by atoms with van der Waals surface area (Å²) in [6.07, 6.45) is 1.08. The highest BCUT2D eigenvalue weighted by atomic mass is 15.0. The Morgan fingerprint density at radius 2 is 1.71 bits per heavy atom. The van der Waals surface area contributed by atoms with Crippen molar-refractivity contribution in [2.75, 3.05) is 11.9 Å². The molecule has 0 atom stereocenters. The van der Waals surface area contributed by atoms with Crippen LogP contribution in [0.4, 0.5) is 5.82 Å². The molecule has 3 heteroatoms. The summed E-state index contributed by atoms with van der Waals surface area (Å²) < 4.78 is 0. The average molecular weight is 283 g/mol. The zero-order valence-electron chi connectivity index (χ0n) is 13.7. The van der Waals surface area contributed by atoms with Gasteiger partial charge in [-0.2, -0.15) is 0 Å². The van der Waals surface area contributed by atoms with Gasteiger partial charge in [-0.3, -0.25) is 0 Å². The fraction of sp³-hybridized carbons (Fsp3) is 0.444. The SMILES string of the molecule is CCCNc1cc(-c2ccc(C)cc2)nc(C(C)(C)C)n1. The summed E-state index contributed by atoms with van der Waals surface area (Å²) in [4.78, 5) is 9.42. The summed E-state index contributed by atoms with van der Waals surface area (Å²) in [6.45, 7) is 11.6. The molecule has 21 heavy (non-hydrogen) atoms. The molecule has 1 heterocycles. The molecule has 112 valence electrons. The van der Waals surface area contributed by atoms with Crippen LogP contribution in [-0.2, 0) is 5.41 Å². The second-order valence-electron chi connectivity index (χ2n) is 6.50. The molecule has 2 aromatic rings. The van der Waals surface area contributed by atoms with Crippen molar-refractivity contribution in [3.63, 3.8) is 0 Å². The fourth-order valence-corrected chi connectivity index (χ4v) is 2.00. The van der Waals surface area contributed by atoms with Crippen LogP contribution in [0.15, 0.2) is 30.3 Å². The lowest BCUT2D eigenvalue weighted by molar-refractivity contribution is 0.546. The number of nitrogens with zero attached hydrogens (tertiary/aromatic N) is 2. The molecule has 0 radical (unpaired) electrons. The van der Waals surface area contributed by atoms with E-state index in [1.165, 1.54) is 5.56 Å². The van der Waals surface area contributed by atoms with Crippen LogP contribution in [0.5, 0.6) is 0 Å². The Kier molecular flexibility index (Phi) is 4.61. The van der Waals surface area contributed by atoms with E-state index in [4.69, 9.17) is 4.98 Å². The van der Waals surface area contributed by atoms with Crippen molar-refractivity contribution < 1.29 is 0 Å². The van der Waals surface area contributed by atoms with Crippen LogP contribution in [0, 0.1) is 6.92 Å². The summed E-state index contributed by atoms with van der Waals surface area (Å²) in [6, 6.07) is 10.5. The third kappa shape index (κ3) is 4.03. The number of aromatic nitrogens is 2. The van der Waals surface area contributed by atoms with Gasteiger partial charge >= 0.3 is 0 Å². The Morgan fingerprint density at radius 1 is 1.05 bits per heavy atom. The highest BCUT2D eigenvalue weighted by Gasteiger charge is 2.19. The molecule has 1 aromatic heterocycles. The van der Waals surface area contributed by atoms with E-state index >= 15 is 0 Å². The lowest BCUT2D eigenvalue weighted by atomic mass is 9.95. The van der Waals surface area contributed by atoms with Gasteiger partial charge in [-0.05, 0) is 13.3 Å². The van der Waals surface area contributed by atoms with Crippen LogP contribution in [0.1, 0.15) is 45.5 Å². The van der Waals surface area contributed by atoms with Crippen molar-refractivity contribution in [1.29, 1.82) is 0 Å². The van der Waals surface area contributed by atoms with Crippen molar-refractivity contribution in [1.82, 2.24) is 9.97 Å². The van der Waals surface area contributed by atoms with Crippen molar-refractivity contribution in [2.45, 2.75) is 46.5 Å². The van der Waals surface area contributed by atoms with Gasteiger partial charge in [-0.1, -0.05) is 57.5 Å². The lowest BCUT2D eigenvalue weighted by Gasteiger charge is -2.19. The highest BCUT2D eigenvalue weighted by molar-refractivity contribution is 5.63. The smallest absolute Gasteiger partial charge is 0.136 e. The second-order valence-corrected chi connectivity index (χ2v) is 6.50. The minimum atomic E-state index is -0.0661. The van der Waals surface area contributed by atoms with Gasteiger partial charge in [0.25, 0.3) is 0 Å². The number of nitrogens with one attached hydrogen (secondary N) is 1. The molecule has 0 bridgehead atoms. The number of anilines is 1. The van der Waals surface area contributed by atoms with Gasteiger partial charge in [0, 0.05) is 23.6 Å². The largest absolute Gasteiger partial charge is 0.370 e. The van der Waals surface area contributed by atoms with Crippen LogP contribution >= 0.6 is 0 Å². The minimum Gasteiger partial charge on any atom is -0.370 e. The first-order valence-electron chi connectivity index (χ1n) is 7.60. The third-order valence-corrected chi connectivity index (χ3v) is 3.30. The molecule has 0 aliphatic heterocycles. The fourth-order valence-electron chi connectivity index (χ4n) is 2.00. The van der Waals surface area contributed by atoms with Gasteiger partial charge in [-0.25, -0.2) is 9.97 Å². The Hall–Kier alpha value is -1.90. The Bertz CT molecular complexity index is 595. The topological polar surface area (TPSA) is 37.8 Å². The quantitative estimate of drug-likeness (QED) is 0.893. The van der Waals surface area contributed by atoms with E-state index in [2.05, 4.69) is 69.2 Å². The van der Waals surface area contributed by atoms with Crippen molar-refractivity contribution in [3.8, 4) is 11.3 Å². The predicted octanol–water partition coefficient (Wildman–Crippen LogP) is 4.57. The molecule has 3 nitrogen and oxygen atoms in total. The molecule has 0 saturated carbocycles. The van der Waals surface area contributed by atoms with Gasteiger partial charge in [-0.15, -0.1) is 0 Å². The van der Waals surface area contributed by atoms with E-state index in [0.29, 0.717) is 0 Å². The van der Waals surface area contributed by atoms with E-state index in [1.54, 1.807) is 0 Å². The second kappa shape index (κ2) is 6.25. The number of hydrogen-bond acceptors (Lipinski definition) is 3. The molecule has 0 aliphatic carbocycles. The van der Waals surface area contributed by atoms with Gasteiger partial charge in [0.2, 0.25) is 0 Å². The van der Waals surface area contributed by atoms with Gasteiger partial charge in [0.1, 0.15) is 11.6 Å². The van der Waals surface area contributed by atoms with Gasteiger partial charge in [0.15, 0.2) is 0 Å². The van der Waals surface area contributed by atoms with Crippen molar-refractivity contribution in [2.24, 2.45) is 0 Å². The summed E-state index contributed by atoms with van der Waals surface area (Å²) in [7, 11) is 0. The summed E-state index contributed by atoms with van der Waals surface area (Å²) >= 11 is 0. The van der Waals surface area contributed by atoms with E-state index in [-0.39, 0.29) is 5.41 Å². The molecule has 0 fully saturated rings. The van der Waals surface area contributed by atoms with Crippen molar-refractivity contribution >= 4 is 5.82 Å². The first-order chi connectivity index (χ1) is 9.90. The first-order valence-corrected chi connectivity index (χ1v) is 7.60. The molecular formula is C18H25N3. The van der Waals surface area contributed by atoms with Gasteiger partial charge < -0.3 is 5.32 Å². The van der Waals surface area contributed by atoms with Crippen LogP contribution in [-0.4, -0.2) is 16.5 Å². The van der Waals surface area contributed by atoms with Crippen LogP contribution in [0.3, 0.4) is 0 Å². The van der Waals surface area contributed by atoms with Crippen LogP contribution < -0.4 is 5.32 Å². The maximum atomic E-state index is 4.76. The molecule has 0 amide bonds. The maximum absolute atomic E-state index is 4.76. The maximum Gasteiger partial charge on any atom is 0.136 e. The average Bonchev–Trinajstić information content (AvgIpc) is 2.44. The number of aryl methyl sites for hydroxylation is 1. The van der Waals surface area contributed by atoms with E-state index < -0.39 is 0 Å². The molecule has 0 unspecified atom stereocenters. The number of rotatable bonds is 4. The number of benzene rings is 1. The molecule has 0 saturated heterocycles. The lowest BCUT2D eigenvalue weighted by Crippen LogP contribution is -2.18. The molecular weight excluding hydrogens is 258 g/mol. The summed E-state index contributed by atoms with van der Waals surface area (Å²) in [5.41, 5.74) is 3.30. The normalized spacial score (nSPS) is 11.5. The van der Waals surface area contributed by atoms with Crippen molar-refractivity contribution in [3.05, 3.63) is 41.7 Å². The Balaban J connectivity index is 2.46. The molecule has 0 spiro atoms. The Labute approximate surface area is 127 Å². The zero-order chi connectivity index (χ0) is 15.5. The van der Waals surface area contributed by atoms with Gasteiger partial charge in [0.05, 0.1) is 5.69 Å². The van der Waals surface area contributed by atoms with Crippen LogP contribution in [0.25, 0.3) is 11.3 Å².